The maximum absolute atomic E-state index is 12.3. The largest absolute Gasteiger partial charge is 0.488 e. The van der Waals surface area contributed by atoms with E-state index in [4.69, 9.17) is 0 Å². The fraction of sp³-hybridized carbons (Fsp3) is 0.400. The summed E-state index contributed by atoms with van der Waals surface area (Å²) in [6.07, 6.45) is 0. The number of benzene rings is 1. The van der Waals surface area contributed by atoms with E-state index in [1.54, 1.807) is 6.07 Å². The van der Waals surface area contributed by atoms with Gasteiger partial charge in [-0.3, -0.25) is 0 Å². The van der Waals surface area contributed by atoms with E-state index in [-0.39, 0.29) is 5.75 Å². The summed E-state index contributed by atoms with van der Waals surface area (Å²) in [7, 11) is -4.95. The van der Waals surface area contributed by atoms with Gasteiger partial charge in [0.2, 0.25) is 0 Å². The molecule has 16 heavy (non-hydrogen) atoms. The van der Waals surface area contributed by atoms with Gasteiger partial charge in [0.15, 0.2) is 0 Å². The number of rotatable bonds is 5. The Labute approximate surface area is 95.1 Å². The number of hydrogen-bond donors (Lipinski definition) is 0. The minimum atomic E-state index is -4.95. The molecule has 0 N–H and O–H groups in total. The molecule has 0 aliphatic rings. The smallest absolute Gasteiger partial charge is 0.372 e. The van der Waals surface area contributed by atoms with Crippen LogP contribution in [0.25, 0.3) is 0 Å². The van der Waals surface area contributed by atoms with Crippen LogP contribution in [-0.4, -0.2) is 21.5 Å². The highest BCUT2D eigenvalue weighted by molar-refractivity contribution is 7.81. The third-order valence-corrected chi connectivity index (χ3v) is 2.53. The Morgan fingerprint density at radius 1 is 1.31 bits per heavy atom. The second-order valence-electron chi connectivity index (χ2n) is 3.15. The highest BCUT2D eigenvalue weighted by atomic mass is 32.3. The van der Waals surface area contributed by atoms with Crippen LogP contribution < -0.4 is 9.08 Å². The lowest BCUT2D eigenvalue weighted by Crippen LogP contribution is -2.21. The molecule has 1 aromatic rings. The summed E-state index contributed by atoms with van der Waals surface area (Å²) in [4.78, 5) is 2.00. The minimum Gasteiger partial charge on any atom is -0.372 e. The number of hydrogen-bond acceptors (Lipinski definition) is 4. The zero-order valence-electron chi connectivity index (χ0n) is 9.18. The van der Waals surface area contributed by atoms with E-state index in [0.717, 1.165) is 18.8 Å². The van der Waals surface area contributed by atoms with Crippen LogP contribution in [0.1, 0.15) is 13.8 Å². The molecule has 0 aliphatic heterocycles. The Morgan fingerprint density at radius 2 is 1.94 bits per heavy atom. The maximum Gasteiger partial charge on any atom is 0.488 e. The second-order valence-corrected chi connectivity index (χ2v) is 4.10. The monoisotopic (exact) mass is 247 g/mol. The van der Waals surface area contributed by atoms with Crippen molar-refractivity contribution in [2.75, 3.05) is 18.0 Å². The fourth-order valence-corrected chi connectivity index (χ4v) is 1.77. The van der Waals surface area contributed by atoms with Crippen molar-refractivity contribution in [3.05, 3.63) is 24.3 Å². The van der Waals surface area contributed by atoms with Crippen LogP contribution >= 0.6 is 0 Å². The molecule has 0 unspecified atom stereocenters. The third-order valence-electron chi connectivity index (χ3n) is 2.14. The summed E-state index contributed by atoms with van der Waals surface area (Å²) in [5.41, 5.74) is 0.797. The molecule has 0 radical (unpaired) electrons. The van der Waals surface area contributed by atoms with Crippen LogP contribution in [0, 0.1) is 0 Å². The van der Waals surface area contributed by atoms with Gasteiger partial charge in [-0.25, -0.2) is 0 Å². The normalized spacial score (nSPS) is 11.2. The standard InChI is InChI=1S/C10H14FNO3S/c1-3-12(4-2)9-6-5-7-10(8-9)15-16(11,13)14/h5-8H,3-4H2,1-2H3. The first-order valence-electron chi connectivity index (χ1n) is 4.95. The summed E-state index contributed by atoms with van der Waals surface area (Å²) >= 11 is 0. The Kier molecular flexibility index (Phi) is 4.12. The number of nitrogens with zero attached hydrogens (tertiary/aromatic N) is 1. The first-order chi connectivity index (χ1) is 7.46. The summed E-state index contributed by atoms with van der Waals surface area (Å²) in [6.45, 7) is 5.51. The summed E-state index contributed by atoms with van der Waals surface area (Å²) in [5, 5.41) is 0. The van der Waals surface area contributed by atoms with Gasteiger partial charge in [-0.15, -0.1) is 0 Å². The molecule has 0 fully saturated rings. The first kappa shape index (κ1) is 12.8. The minimum absolute atomic E-state index is 0.0214. The molecule has 0 heterocycles. The van der Waals surface area contributed by atoms with Crippen LogP contribution in [0.3, 0.4) is 0 Å². The molecular weight excluding hydrogens is 233 g/mol. The van der Waals surface area contributed by atoms with Crippen LogP contribution in [0.15, 0.2) is 24.3 Å². The van der Waals surface area contributed by atoms with E-state index < -0.39 is 10.5 Å². The number of anilines is 1. The van der Waals surface area contributed by atoms with Crippen molar-refractivity contribution in [1.82, 2.24) is 0 Å². The third kappa shape index (κ3) is 3.69. The van der Waals surface area contributed by atoms with Gasteiger partial charge in [-0.2, -0.15) is 8.42 Å². The van der Waals surface area contributed by atoms with Crippen molar-refractivity contribution in [1.29, 1.82) is 0 Å². The molecule has 90 valence electrons. The second kappa shape index (κ2) is 5.16. The molecule has 4 nitrogen and oxygen atoms in total. The van der Waals surface area contributed by atoms with Crippen molar-refractivity contribution in [2.24, 2.45) is 0 Å². The molecule has 0 saturated carbocycles. The maximum atomic E-state index is 12.3. The summed E-state index contributed by atoms with van der Waals surface area (Å²) in [5.74, 6) is -0.0214. The molecule has 0 atom stereocenters. The van der Waals surface area contributed by atoms with E-state index >= 15 is 0 Å². The molecule has 0 spiro atoms. The lowest BCUT2D eigenvalue weighted by molar-refractivity contribution is 0.440. The van der Waals surface area contributed by atoms with Gasteiger partial charge in [0.05, 0.1) is 0 Å². The van der Waals surface area contributed by atoms with Gasteiger partial charge in [-0.05, 0) is 26.0 Å². The van der Waals surface area contributed by atoms with Crippen molar-refractivity contribution in [3.63, 3.8) is 0 Å². The SMILES string of the molecule is CCN(CC)c1cccc(OS(=O)(=O)F)c1. The fourth-order valence-electron chi connectivity index (χ4n) is 1.44. The lowest BCUT2D eigenvalue weighted by Gasteiger charge is -2.21. The van der Waals surface area contributed by atoms with Crippen molar-refractivity contribution < 1.29 is 16.5 Å². The average molecular weight is 247 g/mol. The van der Waals surface area contributed by atoms with Gasteiger partial charge >= 0.3 is 10.5 Å². The molecule has 0 aliphatic carbocycles. The van der Waals surface area contributed by atoms with Gasteiger partial charge in [-0.1, -0.05) is 9.95 Å². The quantitative estimate of drug-likeness (QED) is 0.748. The highest BCUT2D eigenvalue weighted by Crippen LogP contribution is 2.22. The molecule has 0 amide bonds. The lowest BCUT2D eigenvalue weighted by atomic mass is 10.2. The van der Waals surface area contributed by atoms with E-state index in [0.29, 0.717) is 0 Å². The Hall–Kier alpha value is -1.30. The predicted octanol–water partition coefficient (Wildman–Crippen LogP) is 2.13. The van der Waals surface area contributed by atoms with Crippen LogP contribution in [0.2, 0.25) is 0 Å². The molecule has 0 saturated heterocycles. The van der Waals surface area contributed by atoms with Gasteiger partial charge in [0.1, 0.15) is 5.75 Å². The van der Waals surface area contributed by atoms with Gasteiger partial charge in [0, 0.05) is 24.8 Å². The number of halogens is 1. The van der Waals surface area contributed by atoms with Crippen LogP contribution in [0.4, 0.5) is 9.57 Å². The predicted molar refractivity (Wildman–Crippen MR) is 60.7 cm³/mol. The highest BCUT2D eigenvalue weighted by Gasteiger charge is 2.10. The van der Waals surface area contributed by atoms with Crippen molar-refractivity contribution >= 4 is 16.2 Å². The van der Waals surface area contributed by atoms with Crippen molar-refractivity contribution in [2.45, 2.75) is 13.8 Å². The van der Waals surface area contributed by atoms with E-state index in [1.807, 2.05) is 24.8 Å². The molecule has 1 aromatic carbocycles. The van der Waals surface area contributed by atoms with Crippen LogP contribution in [-0.2, 0) is 10.5 Å². The summed E-state index contributed by atoms with van der Waals surface area (Å²) < 4.78 is 37.1. The zero-order chi connectivity index (χ0) is 12.2. The molecule has 0 aromatic heterocycles. The van der Waals surface area contributed by atoms with E-state index in [2.05, 4.69) is 4.18 Å². The summed E-state index contributed by atoms with van der Waals surface area (Å²) in [6, 6.07) is 6.31. The molecule has 0 bridgehead atoms. The zero-order valence-corrected chi connectivity index (χ0v) is 10.00. The topological polar surface area (TPSA) is 46.6 Å². The van der Waals surface area contributed by atoms with Crippen LogP contribution in [0.5, 0.6) is 5.75 Å². The average Bonchev–Trinajstić information content (AvgIpc) is 2.17. The van der Waals surface area contributed by atoms with Gasteiger partial charge in [0.25, 0.3) is 0 Å². The Balaban J connectivity index is 2.95. The molecule has 6 heteroatoms. The molecular formula is C10H14FNO3S. The first-order valence-corrected chi connectivity index (χ1v) is 6.26. The van der Waals surface area contributed by atoms with E-state index in [9.17, 15) is 12.3 Å². The van der Waals surface area contributed by atoms with Crippen molar-refractivity contribution in [3.8, 4) is 5.75 Å². The Morgan fingerprint density at radius 3 is 2.44 bits per heavy atom. The Bertz CT molecular complexity index is 443. The van der Waals surface area contributed by atoms with Gasteiger partial charge < -0.3 is 9.08 Å². The van der Waals surface area contributed by atoms with E-state index in [1.165, 1.54) is 12.1 Å². The molecule has 1 rings (SSSR count).